The molecule has 6 heteroatoms. The average molecular weight is 304 g/mol. The van der Waals surface area contributed by atoms with Crippen LogP contribution in [0.1, 0.15) is 42.9 Å². The summed E-state index contributed by atoms with van der Waals surface area (Å²) in [5.74, 6) is -0.199. The van der Waals surface area contributed by atoms with Crippen molar-refractivity contribution in [2.45, 2.75) is 38.0 Å². The van der Waals surface area contributed by atoms with Gasteiger partial charge in [0, 0.05) is 19.6 Å². The van der Waals surface area contributed by atoms with Crippen LogP contribution in [0, 0.1) is 0 Å². The van der Waals surface area contributed by atoms with Crippen LogP contribution in [0.5, 0.6) is 5.75 Å². The van der Waals surface area contributed by atoms with E-state index >= 15 is 0 Å². The number of alkyl halides is 3. The lowest BCUT2D eigenvalue weighted by atomic mass is 9.99. The van der Waals surface area contributed by atoms with Gasteiger partial charge in [0.15, 0.2) is 0 Å². The molecule has 1 heterocycles. The Hall–Kier alpha value is -1.27. The fraction of sp³-hybridized carbons (Fsp3) is 0.600. The number of rotatable bonds is 5. The topological polar surface area (TPSA) is 38.7 Å². The van der Waals surface area contributed by atoms with Gasteiger partial charge in [-0.05, 0) is 37.0 Å². The Kier molecular flexibility index (Phi) is 5.47. The van der Waals surface area contributed by atoms with E-state index in [4.69, 9.17) is 14.6 Å². The van der Waals surface area contributed by atoms with Crippen LogP contribution in [0.25, 0.3) is 0 Å². The molecule has 0 saturated carbocycles. The highest BCUT2D eigenvalue weighted by molar-refractivity contribution is 5.40. The molecule has 3 nitrogen and oxygen atoms in total. The highest BCUT2D eigenvalue weighted by atomic mass is 19.4. The first-order valence-corrected chi connectivity index (χ1v) is 7.09. The number of aliphatic hydroxyl groups is 1. The van der Waals surface area contributed by atoms with Gasteiger partial charge < -0.3 is 14.6 Å². The van der Waals surface area contributed by atoms with Crippen LogP contribution in [-0.4, -0.2) is 24.9 Å². The van der Waals surface area contributed by atoms with Crippen molar-refractivity contribution in [3.8, 4) is 5.75 Å². The van der Waals surface area contributed by atoms with Gasteiger partial charge in [-0.15, -0.1) is 0 Å². The summed E-state index contributed by atoms with van der Waals surface area (Å²) in [7, 11) is 0. The largest absolute Gasteiger partial charge is 0.493 e. The van der Waals surface area contributed by atoms with E-state index in [1.165, 1.54) is 6.07 Å². The fourth-order valence-electron chi connectivity index (χ4n) is 2.35. The molecule has 1 aromatic carbocycles. The van der Waals surface area contributed by atoms with E-state index in [0.717, 1.165) is 25.3 Å². The summed E-state index contributed by atoms with van der Waals surface area (Å²) in [4.78, 5) is 0. The molecule has 1 N–H and O–H groups in total. The van der Waals surface area contributed by atoms with Crippen LogP contribution < -0.4 is 4.74 Å². The third-order valence-electron chi connectivity index (χ3n) is 3.42. The molecule has 1 saturated heterocycles. The Bertz CT molecular complexity index is 454. The Morgan fingerprint density at radius 3 is 2.71 bits per heavy atom. The molecule has 1 aromatic rings. The maximum absolute atomic E-state index is 13.1. The molecule has 21 heavy (non-hydrogen) atoms. The van der Waals surface area contributed by atoms with E-state index in [1.54, 1.807) is 6.07 Å². The number of hydrogen-bond donors (Lipinski definition) is 1. The SMILES string of the molecule is OCCCOc1ccc(C2CCCCO2)cc1C(F)(F)F. The number of aliphatic hydroxyl groups excluding tert-OH is 1. The maximum Gasteiger partial charge on any atom is 0.419 e. The molecule has 1 fully saturated rings. The van der Waals surface area contributed by atoms with E-state index in [1.807, 2.05) is 0 Å². The Balaban J connectivity index is 2.21. The maximum atomic E-state index is 13.1. The van der Waals surface area contributed by atoms with E-state index in [2.05, 4.69) is 0 Å². The minimum Gasteiger partial charge on any atom is -0.493 e. The lowest BCUT2D eigenvalue weighted by Crippen LogP contribution is -2.14. The van der Waals surface area contributed by atoms with Crippen molar-refractivity contribution in [3.63, 3.8) is 0 Å². The predicted molar refractivity (Wildman–Crippen MR) is 71.2 cm³/mol. The summed E-state index contributed by atoms with van der Waals surface area (Å²) in [6, 6.07) is 4.08. The second-order valence-electron chi connectivity index (χ2n) is 5.03. The summed E-state index contributed by atoms with van der Waals surface area (Å²) in [6.45, 7) is 0.523. The van der Waals surface area contributed by atoms with Crippen LogP contribution in [0.3, 0.4) is 0 Å². The van der Waals surface area contributed by atoms with E-state index in [-0.39, 0.29) is 25.1 Å². The van der Waals surface area contributed by atoms with Gasteiger partial charge >= 0.3 is 6.18 Å². The molecule has 1 unspecified atom stereocenters. The second-order valence-corrected chi connectivity index (χ2v) is 5.03. The molecule has 2 rings (SSSR count). The third-order valence-corrected chi connectivity index (χ3v) is 3.42. The van der Waals surface area contributed by atoms with Crippen molar-refractivity contribution in [2.24, 2.45) is 0 Å². The second kappa shape index (κ2) is 7.13. The van der Waals surface area contributed by atoms with Gasteiger partial charge in [0.1, 0.15) is 5.75 Å². The lowest BCUT2D eigenvalue weighted by molar-refractivity contribution is -0.139. The third kappa shape index (κ3) is 4.35. The average Bonchev–Trinajstić information content (AvgIpc) is 2.47. The Morgan fingerprint density at radius 2 is 2.10 bits per heavy atom. The van der Waals surface area contributed by atoms with Crippen LogP contribution in [0.15, 0.2) is 18.2 Å². The Labute approximate surface area is 121 Å². The fourth-order valence-corrected chi connectivity index (χ4v) is 2.35. The number of benzene rings is 1. The van der Waals surface area contributed by atoms with Crippen molar-refractivity contribution in [1.29, 1.82) is 0 Å². The summed E-state index contributed by atoms with van der Waals surface area (Å²) in [5, 5.41) is 8.67. The summed E-state index contributed by atoms with van der Waals surface area (Å²) >= 11 is 0. The lowest BCUT2D eigenvalue weighted by Gasteiger charge is -2.24. The molecular weight excluding hydrogens is 285 g/mol. The first-order valence-electron chi connectivity index (χ1n) is 7.09. The first-order chi connectivity index (χ1) is 10.0. The molecule has 1 atom stereocenters. The van der Waals surface area contributed by atoms with Gasteiger partial charge in [-0.1, -0.05) is 6.07 Å². The molecule has 0 bridgehead atoms. The molecule has 0 spiro atoms. The van der Waals surface area contributed by atoms with Gasteiger partial charge in [-0.3, -0.25) is 0 Å². The number of halogens is 3. The standard InChI is InChI=1S/C15H19F3O3/c16-15(17,18)12-10-11(13-4-1-2-8-20-13)5-6-14(12)21-9-3-7-19/h5-6,10,13,19H,1-4,7-9H2. The zero-order valence-electron chi connectivity index (χ0n) is 11.7. The van der Waals surface area contributed by atoms with Gasteiger partial charge in [0.25, 0.3) is 0 Å². The minimum absolute atomic E-state index is 0.0544. The zero-order valence-corrected chi connectivity index (χ0v) is 11.7. The quantitative estimate of drug-likeness (QED) is 0.843. The highest BCUT2D eigenvalue weighted by Crippen LogP contribution is 2.39. The number of hydrogen-bond acceptors (Lipinski definition) is 3. The van der Waals surface area contributed by atoms with Gasteiger partial charge in [0.2, 0.25) is 0 Å². The molecule has 0 radical (unpaired) electrons. The molecule has 118 valence electrons. The number of ether oxygens (including phenoxy) is 2. The van der Waals surface area contributed by atoms with Crippen LogP contribution in [0.4, 0.5) is 13.2 Å². The summed E-state index contributed by atoms with van der Waals surface area (Å²) in [5.41, 5.74) is -0.247. The van der Waals surface area contributed by atoms with E-state index in [9.17, 15) is 13.2 Å². The first kappa shape index (κ1) is 16.1. The van der Waals surface area contributed by atoms with Crippen LogP contribution >= 0.6 is 0 Å². The van der Waals surface area contributed by atoms with Crippen LogP contribution in [0.2, 0.25) is 0 Å². The van der Waals surface area contributed by atoms with Crippen molar-refractivity contribution < 1.29 is 27.8 Å². The summed E-state index contributed by atoms with van der Waals surface area (Å²) in [6.07, 6.45) is -1.80. The zero-order chi connectivity index (χ0) is 15.3. The molecule has 1 aliphatic heterocycles. The highest BCUT2D eigenvalue weighted by Gasteiger charge is 2.35. The minimum atomic E-state index is -4.47. The van der Waals surface area contributed by atoms with Gasteiger partial charge in [-0.25, -0.2) is 0 Å². The van der Waals surface area contributed by atoms with Gasteiger partial charge in [-0.2, -0.15) is 13.2 Å². The molecule has 0 aliphatic carbocycles. The Morgan fingerprint density at radius 1 is 1.29 bits per heavy atom. The van der Waals surface area contributed by atoms with Gasteiger partial charge in [0.05, 0.1) is 18.3 Å². The monoisotopic (exact) mass is 304 g/mol. The molecule has 0 amide bonds. The molecule has 0 aromatic heterocycles. The smallest absolute Gasteiger partial charge is 0.419 e. The van der Waals surface area contributed by atoms with E-state index < -0.39 is 11.7 Å². The van der Waals surface area contributed by atoms with E-state index in [0.29, 0.717) is 18.6 Å². The predicted octanol–water partition coefficient (Wildman–Crippen LogP) is 3.71. The van der Waals surface area contributed by atoms with Crippen molar-refractivity contribution in [3.05, 3.63) is 29.3 Å². The van der Waals surface area contributed by atoms with Crippen LogP contribution in [-0.2, 0) is 10.9 Å². The molecule has 1 aliphatic rings. The van der Waals surface area contributed by atoms with Crippen molar-refractivity contribution in [1.82, 2.24) is 0 Å². The van der Waals surface area contributed by atoms with Crippen molar-refractivity contribution >= 4 is 0 Å². The summed E-state index contributed by atoms with van der Waals surface area (Å²) < 4.78 is 50.1. The normalized spacial score (nSPS) is 19.5. The van der Waals surface area contributed by atoms with Crippen molar-refractivity contribution in [2.75, 3.05) is 19.8 Å². The molecular formula is C15H19F3O3.